The van der Waals surface area contributed by atoms with Gasteiger partial charge in [-0.15, -0.1) is 0 Å². The van der Waals surface area contributed by atoms with E-state index in [2.05, 4.69) is 17.1 Å². The van der Waals surface area contributed by atoms with E-state index < -0.39 is 0 Å². The Bertz CT molecular complexity index is 229. The standard InChI is InChI=1S/C15H30N2O/c1-13(18-2)11-17-10-6-9-16-15(12-17)14-7-4-3-5-8-14/h13-16H,3-12H2,1-2H3. The molecule has 106 valence electrons. The molecule has 0 bridgehead atoms. The minimum atomic E-state index is 0.357. The van der Waals surface area contributed by atoms with Crippen molar-refractivity contribution in [2.45, 2.75) is 57.6 Å². The van der Waals surface area contributed by atoms with Crippen molar-refractivity contribution in [1.29, 1.82) is 0 Å². The van der Waals surface area contributed by atoms with E-state index in [1.165, 1.54) is 58.2 Å². The van der Waals surface area contributed by atoms with Gasteiger partial charge in [0.1, 0.15) is 0 Å². The van der Waals surface area contributed by atoms with E-state index in [1.54, 1.807) is 0 Å². The molecule has 2 rings (SSSR count). The molecule has 1 heterocycles. The molecule has 0 aromatic rings. The Morgan fingerprint density at radius 2 is 2.00 bits per heavy atom. The summed E-state index contributed by atoms with van der Waals surface area (Å²) in [6.45, 7) is 6.90. The maximum absolute atomic E-state index is 5.41. The second kappa shape index (κ2) is 7.46. The van der Waals surface area contributed by atoms with Gasteiger partial charge in [-0.25, -0.2) is 0 Å². The Kier molecular flexibility index (Phi) is 5.93. The first-order valence-electron chi connectivity index (χ1n) is 7.78. The summed E-state index contributed by atoms with van der Waals surface area (Å²) < 4.78 is 5.41. The second-order valence-corrected chi connectivity index (χ2v) is 6.12. The number of hydrogen-bond acceptors (Lipinski definition) is 3. The maximum atomic E-state index is 5.41. The van der Waals surface area contributed by atoms with Crippen molar-refractivity contribution in [3.05, 3.63) is 0 Å². The monoisotopic (exact) mass is 254 g/mol. The molecule has 2 aliphatic rings. The molecule has 2 atom stereocenters. The number of nitrogens with zero attached hydrogens (tertiary/aromatic N) is 1. The van der Waals surface area contributed by atoms with E-state index in [1.807, 2.05) is 7.11 Å². The van der Waals surface area contributed by atoms with Crippen LogP contribution in [0.1, 0.15) is 45.4 Å². The van der Waals surface area contributed by atoms with E-state index in [4.69, 9.17) is 4.74 Å². The number of nitrogens with one attached hydrogen (secondary N) is 1. The molecule has 1 aliphatic heterocycles. The highest BCUT2D eigenvalue weighted by Crippen LogP contribution is 2.27. The summed E-state index contributed by atoms with van der Waals surface area (Å²) in [5, 5.41) is 3.79. The molecule has 0 amide bonds. The van der Waals surface area contributed by atoms with Gasteiger partial charge in [0.05, 0.1) is 6.10 Å². The largest absolute Gasteiger partial charge is 0.380 e. The molecule has 18 heavy (non-hydrogen) atoms. The van der Waals surface area contributed by atoms with Crippen molar-refractivity contribution >= 4 is 0 Å². The Morgan fingerprint density at radius 3 is 2.72 bits per heavy atom. The van der Waals surface area contributed by atoms with Crippen LogP contribution in [0.4, 0.5) is 0 Å². The second-order valence-electron chi connectivity index (χ2n) is 6.12. The molecule has 1 N–H and O–H groups in total. The fourth-order valence-electron chi connectivity index (χ4n) is 3.48. The maximum Gasteiger partial charge on any atom is 0.0670 e. The average molecular weight is 254 g/mol. The molecular formula is C15H30N2O. The summed E-state index contributed by atoms with van der Waals surface area (Å²) in [5.41, 5.74) is 0. The topological polar surface area (TPSA) is 24.5 Å². The quantitative estimate of drug-likeness (QED) is 0.833. The number of methoxy groups -OCH3 is 1. The van der Waals surface area contributed by atoms with Crippen LogP contribution in [-0.2, 0) is 4.74 Å². The van der Waals surface area contributed by atoms with Gasteiger partial charge in [-0.2, -0.15) is 0 Å². The lowest BCUT2D eigenvalue weighted by atomic mass is 9.83. The third kappa shape index (κ3) is 4.22. The molecule has 2 fully saturated rings. The van der Waals surface area contributed by atoms with E-state index in [0.717, 1.165) is 18.5 Å². The summed E-state index contributed by atoms with van der Waals surface area (Å²) in [6.07, 6.45) is 8.84. The van der Waals surface area contributed by atoms with Crippen LogP contribution >= 0.6 is 0 Å². The predicted molar refractivity (Wildman–Crippen MR) is 75.9 cm³/mol. The van der Waals surface area contributed by atoms with Crippen molar-refractivity contribution in [3.63, 3.8) is 0 Å². The smallest absolute Gasteiger partial charge is 0.0670 e. The van der Waals surface area contributed by atoms with Crippen LogP contribution in [0.5, 0.6) is 0 Å². The first-order valence-corrected chi connectivity index (χ1v) is 7.78. The van der Waals surface area contributed by atoms with Gasteiger partial charge in [0.15, 0.2) is 0 Å². The first-order chi connectivity index (χ1) is 8.79. The van der Waals surface area contributed by atoms with Crippen LogP contribution in [-0.4, -0.2) is 50.3 Å². The normalized spacial score (nSPS) is 30.0. The molecule has 3 heteroatoms. The van der Waals surface area contributed by atoms with E-state index >= 15 is 0 Å². The van der Waals surface area contributed by atoms with E-state index in [9.17, 15) is 0 Å². The van der Waals surface area contributed by atoms with Crippen LogP contribution in [0.3, 0.4) is 0 Å². The highest BCUT2D eigenvalue weighted by molar-refractivity contribution is 4.84. The van der Waals surface area contributed by atoms with Gasteiger partial charge >= 0.3 is 0 Å². The third-order valence-electron chi connectivity index (χ3n) is 4.65. The van der Waals surface area contributed by atoms with Crippen molar-refractivity contribution in [2.75, 3.05) is 33.3 Å². The number of ether oxygens (including phenoxy) is 1. The van der Waals surface area contributed by atoms with E-state index in [-0.39, 0.29) is 0 Å². The molecule has 2 unspecified atom stereocenters. The molecule has 0 aromatic carbocycles. The number of hydrogen-bond donors (Lipinski definition) is 1. The SMILES string of the molecule is COC(C)CN1CCCNC(C2CCCCC2)C1. The molecule has 1 saturated heterocycles. The lowest BCUT2D eigenvalue weighted by molar-refractivity contribution is 0.0726. The molecule has 0 spiro atoms. The highest BCUT2D eigenvalue weighted by Gasteiger charge is 2.27. The molecular weight excluding hydrogens is 224 g/mol. The number of rotatable bonds is 4. The van der Waals surface area contributed by atoms with Crippen molar-refractivity contribution in [1.82, 2.24) is 10.2 Å². The minimum Gasteiger partial charge on any atom is -0.380 e. The van der Waals surface area contributed by atoms with Crippen LogP contribution in [0.25, 0.3) is 0 Å². The fourth-order valence-corrected chi connectivity index (χ4v) is 3.48. The average Bonchev–Trinajstić information content (AvgIpc) is 2.65. The van der Waals surface area contributed by atoms with Crippen LogP contribution in [0.15, 0.2) is 0 Å². The predicted octanol–water partition coefficient (Wildman–Crippen LogP) is 2.27. The molecule has 0 aromatic heterocycles. The Balaban J connectivity index is 1.85. The molecule has 1 saturated carbocycles. The summed E-state index contributed by atoms with van der Waals surface area (Å²) in [6, 6.07) is 0.719. The van der Waals surface area contributed by atoms with Gasteiger partial charge in [0, 0.05) is 26.2 Å². The zero-order valence-corrected chi connectivity index (χ0v) is 12.2. The van der Waals surface area contributed by atoms with Gasteiger partial charge in [-0.3, -0.25) is 4.90 Å². The summed E-state index contributed by atoms with van der Waals surface area (Å²) in [5.74, 6) is 0.914. The third-order valence-corrected chi connectivity index (χ3v) is 4.65. The minimum absolute atomic E-state index is 0.357. The lowest BCUT2D eigenvalue weighted by Crippen LogP contribution is -2.45. The van der Waals surface area contributed by atoms with Crippen molar-refractivity contribution in [2.24, 2.45) is 5.92 Å². The summed E-state index contributed by atoms with van der Waals surface area (Å²) in [4.78, 5) is 2.60. The Morgan fingerprint density at radius 1 is 1.22 bits per heavy atom. The van der Waals surface area contributed by atoms with E-state index in [0.29, 0.717) is 6.10 Å². The molecule has 0 radical (unpaired) electrons. The zero-order chi connectivity index (χ0) is 12.8. The fraction of sp³-hybridized carbons (Fsp3) is 1.00. The van der Waals surface area contributed by atoms with Crippen LogP contribution in [0, 0.1) is 5.92 Å². The van der Waals surface area contributed by atoms with Crippen molar-refractivity contribution < 1.29 is 4.74 Å². The molecule has 3 nitrogen and oxygen atoms in total. The molecule has 1 aliphatic carbocycles. The van der Waals surface area contributed by atoms with Gasteiger partial charge < -0.3 is 10.1 Å². The van der Waals surface area contributed by atoms with Gasteiger partial charge in [-0.1, -0.05) is 19.3 Å². The Labute approximate surface area is 112 Å². The highest BCUT2D eigenvalue weighted by atomic mass is 16.5. The van der Waals surface area contributed by atoms with Crippen molar-refractivity contribution in [3.8, 4) is 0 Å². The Hall–Kier alpha value is -0.120. The van der Waals surface area contributed by atoms with Gasteiger partial charge in [0.2, 0.25) is 0 Å². The van der Waals surface area contributed by atoms with Gasteiger partial charge in [-0.05, 0) is 45.2 Å². The summed E-state index contributed by atoms with van der Waals surface area (Å²) >= 11 is 0. The summed E-state index contributed by atoms with van der Waals surface area (Å²) in [7, 11) is 1.82. The van der Waals surface area contributed by atoms with Crippen LogP contribution in [0.2, 0.25) is 0 Å². The van der Waals surface area contributed by atoms with Crippen LogP contribution < -0.4 is 5.32 Å². The lowest BCUT2D eigenvalue weighted by Gasteiger charge is -2.33. The first kappa shape index (κ1) is 14.3. The van der Waals surface area contributed by atoms with Gasteiger partial charge in [0.25, 0.3) is 0 Å². The zero-order valence-electron chi connectivity index (χ0n) is 12.2.